The summed E-state index contributed by atoms with van der Waals surface area (Å²) < 4.78 is 11.9. The third kappa shape index (κ3) is 3.54. The Bertz CT molecular complexity index is 903. The molecule has 0 aromatic heterocycles. The highest BCUT2D eigenvalue weighted by Crippen LogP contribution is 2.68. The molecule has 0 radical (unpaired) electrons. The van der Waals surface area contributed by atoms with Crippen LogP contribution >= 0.6 is 0 Å². The van der Waals surface area contributed by atoms with Gasteiger partial charge in [0.1, 0.15) is 17.6 Å². The van der Waals surface area contributed by atoms with Gasteiger partial charge in [-0.25, -0.2) is 0 Å². The molecule has 0 saturated heterocycles. The molecule has 0 heterocycles. The number of benzene rings is 1. The number of rotatable bonds is 5. The summed E-state index contributed by atoms with van der Waals surface area (Å²) in [4.78, 5) is 26.8. The molecule has 0 spiro atoms. The van der Waals surface area contributed by atoms with Gasteiger partial charge in [0, 0.05) is 18.3 Å². The third-order valence-electron chi connectivity index (χ3n) is 10.0. The van der Waals surface area contributed by atoms with E-state index in [9.17, 15) is 9.59 Å². The van der Waals surface area contributed by atoms with Gasteiger partial charge in [-0.2, -0.15) is 0 Å². The highest BCUT2D eigenvalue weighted by molar-refractivity contribution is 5.93. The summed E-state index contributed by atoms with van der Waals surface area (Å²) in [7, 11) is 1.69. The van der Waals surface area contributed by atoms with Crippen molar-refractivity contribution in [3.05, 3.63) is 29.8 Å². The van der Waals surface area contributed by atoms with Crippen LogP contribution in [0.15, 0.2) is 24.3 Å². The maximum atomic E-state index is 13.9. The fourth-order valence-electron chi connectivity index (χ4n) is 8.25. The van der Waals surface area contributed by atoms with E-state index in [1.165, 1.54) is 5.56 Å². The number of ketones is 1. The van der Waals surface area contributed by atoms with E-state index in [4.69, 9.17) is 9.47 Å². The maximum absolute atomic E-state index is 13.9. The second-order valence-electron chi connectivity index (χ2n) is 12.0. The average molecular weight is 453 g/mol. The number of carbonyl (C=O) groups is 2. The highest BCUT2D eigenvalue weighted by Gasteiger charge is 2.70. The first-order valence-electron chi connectivity index (χ1n) is 13.2. The summed E-state index contributed by atoms with van der Waals surface area (Å²) in [6.45, 7) is 6.86. The molecule has 0 N–H and O–H groups in total. The predicted octanol–water partition coefficient (Wildman–Crippen LogP) is 6.11. The molecule has 4 aliphatic carbocycles. The summed E-state index contributed by atoms with van der Waals surface area (Å²) in [5, 5.41) is 0. The molecule has 4 fully saturated rings. The zero-order chi connectivity index (χ0) is 23.4. The normalized spacial score (nSPS) is 38.1. The molecule has 5 rings (SSSR count). The molecule has 1 aromatic carbocycles. The van der Waals surface area contributed by atoms with Crippen LogP contribution in [0.2, 0.25) is 0 Å². The number of esters is 1. The topological polar surface area (TPSA) is 52.6 Å². The fraction of sp³-hybridized carbons (Fsp3) is 0.724. The summed E-state index contributed by atoms with van der Waals surface area (Å²) in [5.74, 6) is 2.69. The lowest BCUT2D eigenvalue weighted by Crippen LogP contribution is -2.64. The molecule has 0 bridgehead atoms. The standard InChI is InChI=1S/C29H40O4/c1-18-10-15-23(28(2,3)19-11-13-20(32-4)14-12-19)25(17-18)33-27(31)29-16-6-9-24(30)26(29)21-7-5-8-22(21)29/h11-14,18,21-23,25-26H,5-10,15-17H2,1-4H3/t18-,21+,22-,23-,25-,26-,29+/m1/s1. The van der Waals surface area contributed by atoms with Gasteiger partial charge in [-0.1, -0.05) is 45.7 Å². The molecule has 0 aliphatic heterocycles. The first-order valence-corrected chi connectivity index (χ1v) is 13.2. The number of hydrogen-bond donors (Lipinski definition) is 0. The Morgan fingerprint density at radius 3 is 2.55 bits per heavy atom. The number of ether oxygens (including phenoxy) is 2. The van der Waals surface area contributed by atoms with E-state index in [-0.39, 0.29) is 29.3 Å². The minimum absolute atomic E-state index is 0.0432. The summed E-state index contributed by atoms with van der Waals surface area (Å²) >= 11 is 0. The van der Waals surface area contributed by atoms with Crippen LogP contribution in [0.4, 0.5) is 0 Å². The van der Waals surface area contributed by atoms with Crippen LogP contribution in [0, 0.1) is 35.0 Å². The smallest absolute Gasteiger partial charge is 0.313 e. The number of carbonyl (C=O) groups excluding carboxylic acids is 2. The Hall–Kier alpha value is -1.84. The van der Waals surface area contributed by atoms with E-state index in [0.29, 0.717) is 30.0 Å². The van der Waals surface area contributed by atoms with Crippen molar-refractivity contribution in [2.24, 2.45) is 35.0 Å². The van der Waals surface area contributed by atoms with Gasteiger partial charge in [-0.05, 0) is 79.4 Å². The lowest BCUT2D eigenvalue weighted by Gasteiger charge is -2.59. The maximum Gasteiger partial charge on any atom is 0.313 e. The van der Waals surface area contributed by atoms with E-state index >= 15 is 0 Å². The van der Waals surface area contributed by atoms with Crippen molar-refractivity contribution >= 4 is 11.8 Å². The average Bonchev–Trinajstić information content (AvgIpc) is 3.21. The van der Waals surface area contributed by atoms with Crippen molar-refractivity contribution in [1.82, 2.24) is 0 Å². The van der Waals surface area contributed by atoms with Gasteiger partial charge in [-0.15, -0.1) is 0 Å². The Morgan fingerprint density at radius 1 is 1.06 bits per heavy atom. The Morgan fingerprint density at radius 2 is 1.82 bits per heavy atom. The Balaban J connectivity index is 1.40. The summed E-state index contributed by atoms with van der Waals surface area (Å²) in [5.41, 5.74) is 0.616. The van der Waals surface area contributed by atoms with E-state index in [1.54, 1.807) is 7.11 Å². The molecule has 1 aromatic rings. The number of methoxy groups -OCH3 is 1. The molecule has 0 amide bonds. The van der Waals surface area contributed by atoms with Crippen molar-refractivity contribution < 1.29 is 19.1 Å². The van der Waals surface area contributed by atoms with Crippen molar-refractivity contribution in [3.63, 3.8) is 0 Å². The molecular weight excluding hydrogens is 412 g/mol. The zero-order valence-corrected chi connectivity index (χ0v) is 20.8. The molecule has 33 heavy (non-hydrogen) atoms. The number of hydrogen-bond acceptors (Lipinski definition) is 4. The minimum atomic E-state index is -0.522. The van der Waals surface area contributed by atoms with E-state index < -0.39 is 5.41 Å². The van der Waals surface area contributed by atoms with Crippen LogP contribution in [0.3, 0.4) is 0 Å². The van der Waals surface area contributed by atoms with Crippen LogP contribution < -0.4 is 4.74 Å². The SMILES string of the molecule is COc1ccc(C(C)(C)[C@@H]2CC[C@@H](C)C[C@H]2OC(=O)[C@]23CCCC(=O)[C@H]2[C@H]2CCC[C@H]23)cc1. The second kappa shape index (κ2) is 8.43. The zero-order valence-electron chi connectivity index (χ0n) is 20.8. The van der Waals surface area contributed by atoms with Gasteiger partial charge >= 0.3 is 5.97 Å². The van der Waals surface area contributed by atoms with E-state index in [0.717, 1.165) is 57.1 Å². The van der Waals surface area contributed by atoms with Gasteiger partial charge in [0.05, 0.1) is 12.5 Å². The molecule has 180 valence electrons. The van der Waals surface area contributed by atoms with Gasteiger partial charge in [0.15, 0.2) is 0 Å². The third-order valence-corrected chi connectivity index (χ3v) is 10.0. The molecule has 7 atom stereocenters. The van der Waals surface area contributed by atoms with Crippen LogP contribution in [-0.2, 0) is 19.7 Å². The lowest BCUT2D eigenvalue weighted by atomic mass is 9.43. The van der Waals surface area contributed by atoms with Crippen molar-refractivity contribution in [3.8, 4) is 5.75 Å². The number of Topliss-reactive ketones (excluding diaryl/α,β-unsaturated/α-hetero) is 1. The molecule has 4 saturated carbocycles. The second-order valence-corrected chi connectivity index (χ2v) is 12.0. The van der Waals surface area contributed by atoms with Crippen molar-refractivity contribution in [2.45, 2.75) is 90.1 Å². The van der Waals surface area contributed by atoms with E-state index in [2.05, 4.69) is 32.9 Å². The van der Waals surface area contributed by atoms with Crippen LogP contribution in [0.5, 0.6) is 5.75 Å². The molecule has 4 aliphatic rings. The molecule has 0 unspecified atom stereocenters. The molecule has 4 heteroatoms. The molecular formula is C29H40O4. The summed E-state index contributed by atoms with van der Waals surface area (Å²) in [6, 6.07) is 8.35. The van der Waals surface area contributed by atoms with Crippen LogP contribution in [0.25, 0.3) is 0 Å². The summed E-state index contributed by atoms with van der Waals surface area (Å²) in [6.07, 6.45) is 8.74. The van der Waals surface area contributed by atoms with Gasteiger partial charge in [0.2, 0.25) is 0 Å². The Kier molecular flexibility index (Phi) is 5.86. The van der Waals surface area contributed by atoms with Gasteiger partial charge in [0.25, 0.3) is 0 Å². The van der Waals surface area contributed by atoms with Crippen LogP contribution in [-0.4, -0.2) is 25.0 Å². The quantitative estimate of drug-likeness (QED) is 0.506. The fourth-order valence-corrected chi connectivity index (χ4v) is 8.25. The Labute approximate surface area is 198 Å². The lowest BCUT2D eigenvalue weighted by molar-refractivity contribution is -0.207. The predicted molar refractivity (Wildman–Crippen MR) is 128 cm³/mol. The highest BCUT2D eigenvalue weighted by atomic mass is 16.5. The monoisotopic (exact) mass is 452 g/mol. The van der Waals surface area contributed by atoms with Crippen molar-refractivity contribution in [1.29, 1.82) is 0 Å². The first kappa shape index (κ1) is 22.9. The first-order chi connectivity index (χ1) is 15.8. The number of fused-ring (bicyclic) bond motifs is 4. The minimum Gasteiger partial charge on any atom is -0.497 e. The van der Waals surface area contributed by atoms with Gasteiger partial charge in [-0.3, -0.25) is 9.59 Å². The van der Waals surface area contributed by atoms with Crippen molar-refractivity contribution in [2.75, 3.05) is 7.11 Å². The van der Waals surface area contributed by atoms with Gasteiger partial charge < -0.3 is 9.47 Å². The van der Waals surface area contributed by atoms with E-state index in [1.807, 2.05) is 12.1 Å². The molecule has 4 nitrogen and oxygen atoms in total. The largest absolute Gasteiger partial charge is 0.497 e. The van der Waals surface area contributed by atoms with Crippen LogP contribution in [0.1, 0.15) is 84.1 Å².